The van der Waals surface area contributed by atoms with Crippen LogP contribution in [-0.2, 0) is 4.74 Å². The molecule has 5 nitrogen and oxygen atoms in total. The van der Waals surface area contributed by atoms with Gasteiger partial charge in [-0.2, -0.15) is 0 Å². The first kappa shape index (κ1) is 13.7. The summed E-state index contributed by atoms with van der Waals surface area (Å²) in [6, 6.07) is 5.38. The number of carbonyl (C=O) groups is 1. The van der Waals surface area contributed by atoms with Gasteiger partial charge in [0.05, 0.1) is 30.5 Å². The highest BCUT2D eigenvalue weighted by Gasteiger charge is 2.27. The van der Waals surface area contributed by atoms with Gasteiger partial charge >= 0.3 is 0 Å². The van der Waals surface area contributed by atoms with E-state index in [1.165, 1.54) is 0 Å². The summed E-state index contributed by atoms with van der Waals surface area (Å²) in [5, 5.41) is 0. The van der Waals surface area contributed by atoms with Crippen molar-refractivity contribution in [2.45, 2.75) is 19.4 Å². The lowest BCUT2D eigenvalue weighted by molar-refractivity contribution is 0.0707. The Kier molecular flexibility index (Phi) is 4.27. The van der Waals surface area contributed by atoms with Crippen LogP contribution in [0.3, 0.4) is 0 Å². The van der Waals surface area contributed by atoms with Crippen LogP contribution < -0.4 is 10.5 Å². The molecule has 1 atom stereocenters. The van der Waals surface area contributed by atoms with Crippen LogP contribution in [0.25, 0.3) is 0 Å². The largest absolute Gasteiger partial charge is 0.491 e. The fraction of sp³-hybridized carbons (Fsp3) is 0.500. The summed E-state index contributed by atoms with van der Waals surface area (Å²) in [5.74, 6) is 0.395. The minimum absolute atomic E-state index is 0.0775. The minimum Gasteiger partial charge on any atom is -0.491 e. The molecule has 2 N–H and O–H groups in total. The van der Waals surface area contributed by atoms with Crippen LogP contribution in [0, 0.1) is 0 Å². The third-order valence-corrected chi connectivity index (χ3v) is 3.34. The van der Waals surface area contributed by atoms with Crippen LogP contribution in [0.2, 0.25) is 0 Å². The molecule has 1 aromatic rings. The second-order valence-corrected chi connectivity index (χ2v) is 4.59. The van der Waals surface area contributed by atoms with E-state index in [0.29, 0.717) is 36.8 Å². The second kappa shape index (κ2) is 5.93. The van der Waals surface area contributed by atoms with E-state index in [4.69, 9.17) is 15.2 Å². The molecule has 0 aromatic heterocycles. The number of hydrogen-bond donors (Lipinski definition) is 1. The van der Waals surface area contributed by atoms with Crippen molar-refractivity contribution >= 4 is 11.6 Å². The number of nitrogen functional groups attached to an aromatic ring is 1. The third-order valence-electron chi connectivity index (χ3n) is 3.34. The normalized spacial score (nSPS) is 18.3. The molecule has 5 heteroatoms. The molecular weight excluding hydrogens is 244 g/mol. The van der Waals surface area contributed by atoms with Crippen molar-refractivity contribution in [2.75, 3.05) is 32.6 Å². The highest BCUT2D eigenvalue weighted by Crippen LogP contribution is 2.28. The van der Waals surface area contributed by atoms with Gasteiger partial charge in [-0.15, -0.1) is 0 Å². The summed E-state index contributed by atoms with van der Waals surface area (Å²) in [6.45, 7) is 3.64. The van der Waals surface area contributed by atoms with Crippen LogP contribution in [0.5, 0.6) is 5.75 Å². The first-order chi connectivity index (χ1) is 9.15. The molecule has 19 heavy (non-hydrogen) atoms. The number of ether oxygens (including phenoxy) is 2. The van der Waals surface area contributed by atoms with E-state index in [9.17, 15) is 4.79 Å². The van der Waals surface area contributed by atoms with Crippen LogP contribution in [-0.4, -0.2) is 43.7 Å². The molecule has 1 fully saturated rings. The number of nitrogens with zero attached hydrogens (tertiary/aromatic N) is 1. The highest BCUT2D eigenvalue weighted by molar-refractivity contribution is 5.98. The molecule has 0 aliphatic carbocycles. The van der Waals surface area contributed by atoms with Crippen molar-refractivity contribution < 1.29 is 14.3 Å². The van der Waals surface area contributed by atoms with Crippen molar-refractivity contribution in [1.82, 2.24) is 4.90 Å². The van der Waals surface area contributed by atoms with E-state index in [1.807, 2.05) is 6.92 Å². The van der Waals surface area contributed by atoms with E-state index < -0.39 is 0 Å². The third kappa shape index (κ3) is 2.81. The van der Waals surface area contributed by atoms with Gasteiger partial charge in [0, 0.05) is 13.7 Å². The van der Waals surface area contributed by atoms with Gasteiger partial charge in [0.1, 0.15) is 0 Å². The van der Waals surface area contributed by atoms with Gasteiger partial charge in [0.25, 0.3) is 5.91 Å². The van der Waals surface area contributed by atoms with Crippen LogP contribution in [0.15, 0.2) is 18.2 Å². The zero-order valence-electron chi connectivity index (χ0n) is 11.4. The monoisotopic (exact) mass is 264 g/mol. The van der Waals surface area contributed by atoms with Gasteiger partial charge in [-0.3, -0.25) is 4.79 Å². The summed E-state index contributed by atoms with van der Waals surface area (Å²) in [4.78, 5) is 14.2. The van der Waals surface area contributed by atoms with Crippen LogP contribution in [0.4, 0.5) is 5.69 Å². The van der Waals surface area contributed by atoms with E-state index in [-0.39, 0.29) is 11.9 Å². The molecule has 2 rings (SSSR count). The molecule has 1 aromatic carbocycles. The Morgan fingerprint density at radius 3 is 3.00 bits per heavy atom. The summed E-state index contributed by atoms with van der Waals surface area (Å²) in [5.41, 5.74) is 6.88. The standard InChI is InChI=1S/C14H20N2O3/c1-3-19-13-11(5-4-6-12(13)15)14(17)16(2)10-7-8-18-9-10/h4-6,10H,3,7-9,15H2,1-2H3. The number of carbonyl (C=O) groups excluding carboxylic acids is 1. The minimum atomic E-state index is -0.0775. The van der Waals surface area contributed by atoms with E-state index >= 15 is 0 Å². The molecule has 0 spiro atoms. The first-order valence-electron chi connectivity index (χ1n) is 6.51. The Morgan fingerprint density at radius 2 is 2.37 bits per heavy atom. The maximum absolute atomic E-state index is 12.5. The molecular formula is C14H20N2O3. The van der Waals surface area contributed by atoms with Crippen molar-refractivity contribution in [3.8, 4) is 5.75 Å². The van der Waals surface area contributed by atoms with E-state index in [1.54, 1.807) is 30.1 Å². The molecule has 1 saturated heterocycles. The Labute approximate surface area is 113 Å². The van der Waals surface area contributed by atoms with E-state index in [0.717, 1.165) is 6.42 Å². The first-order valence-corrected chi connectivity index (χ1v) is 6.51. The number of anilines is 1. The number of likely N-dealkylation sites (N-methyl/N-ethyl adjacent to an activating group) is 1. The Bertz CT molecular complexity index is 456. The predicted octanol–water partition coefficient (Wildman–Crippen LogP) is 1.53. The molecule has 1 aliphatic heterocycles. The zero-order chi connectivity index (χ0) is 13.8. The van der Waals surface area contributed by atoms with Crippen molar-refractivity contribution in [3.63, 3.8) is 0 Å². The fourth-order valence-electron chi connectivity index (χ4n) is 2.21. The predicted molar refractivity (Wildman–Crippen MR) is 73.3 cm³/mol. The van der Waals surface area contributed by atoms with Crippen molar-refractivity contribution in [2.24, 2.45) is 0 Å². The average molecular weight is 264 g/mol. The molecule has 0 saturated carbocycles. The van der Waals surface area contributed by atoms with Gasteiger partial charge in [-0.1, -0.05) is 6.07 Å². The lowest BCUT2D eigenvalue weighted by Crippen LogP contribution is -2.37. The quantitative estimate of drug-likeness (QED) is 0.838. The summed E-state index contributed by atoms with van der Waals surface area (Å²) >= 11 is 0. The molecule has 0 bridgehead atoms. The number of benzene rings is 1. The number of rotatable bonds is 4. The average Bonchev–Trinajstić information content (AvgIpc) is 2.93. The second-order valence-electron chi connectivity index (χ2n) is 4.59. The van der Waals surface area contributed by atoms with Crippen LogP contribution in [0.1, 0.15) is 23.7 Å². The molecule has 1 amide bonds. The highest BCUT2D eigenvalue weighted by atomic mass is 16.5. The number of para-hydroxylation sites is 1. The number of hydrogen-bond acceptors (Lipinski definition) is 4. The molecule has 1 unspecified atom stereocenters. The lowest BCUT2D eigenvalue weighted by Gasteiger charge is -2.24. The summed E-state index contributed by atoms with van der Waals surface area (Å²) in [7, 11) is 1.79. The zero-order valence-corrected chi connectivity index (χ0v) is 11.4. The van der Waals surface area contributed by atoms with E-state index in [2.05, 4.69) is 0 Å². The Balaban J connectivity index is 2.24. The number of nitrogens with two attached hydrogens (primary N) is 1. The molecule has 0 radical (unpaired) electrons. The van der Waals surface area contributed by atoms with Gasteiger partial charge < -0.3 is 20.1 Å². The SMILES string of the molecule is CCOc1c(N)cccc1C(=O)N(C)C1CCOC1. The summed E-state index contributed by atoms with van der Waals surface area (Å²) in [6.07, 6.45) is 0.870. The molecule has 1 heterocycles. The van der Waals surface area contributed by atoms with Gasteiger partial charge in [0.2, 0.25) is 0 Å². The van der Waals surface area contributed by atoms with Crippen molar-refractivity contribution in [3.05, 3.63) is 23.8 Å². The maximum atomic E-state index is 12.5. The Morgan fingerprint density at radius 1 is 1.58 bits per heavy atom. The van der Waals surface area contributed by atoms with Gasteiger partial charge in [-0.25, -0.2) is 0 Å². The topological polar surface area (TPSA) is 64.8 Å². The Hall–Kier alpha value is -1.75. The van der Waals surface area contributed by atoms with Gasteiger partial charge in [-0.05, 0) is 25.5 Å². The summed E-state index contributed by atoms with van der Waals surface area (Å²) < 4.78 is 10.8. The maximum Gasteiger partial charge on any atom is 0.257 e. The van der Waals surface area contributed by atoms with Gasteiger partial charge in [0.15, 0.2) is 5.75 Å². The van der Waals surface area contributed by atoms with Crippen LogP contribution >= 0.6 is 0 Å². The molecule has 1 aliphatic rings. The number of amides is 1. The smallest absolute Gasteiger partial charge is 0.257 e. The van der Waals surface area contributed by atoms with Crippen molar-refractivity contribution in [1.29, 1.82) is 0 Å². The molecule has 104 valence electrons. The fourth-order valence-corrected chi connectivity index (χ4v) is 2.21. The lowest BCUT2D eigenvalue weighted by atomic mass is 10.1.